The minimum absolute atomic E-state index is 0.229. The van der Waals surface area contributed by atoms with Gasteiger partial charge in [0, 0.05) is 12.1 Å². The molecule has 0 aromatic heterocycles. The number of ether oxygens (including phenoxy) is 2. The van der Waals surface area contributed by atoms with E-state index in [1.165, 1.54) is 13.2 Å². The van der Waals surface area contributed by atoms with Gasteiger partial charge in [-0.15, -0.1) is 0 Å². The zero-order chi connectivity index (χ0) is 12.0. The highest BCUT2D eigenvalue weighted by molar-refractivity contribution is 5.91. The molecule has 0 saturated heterocycles. The summed E-state index contributed by atoms with van der Waals surface area (Å²) >= 11 is 0. The van der Waals surface area contributed by atoms with Crippen molar-refractivity contribution in [2.45, 2.75) is 6.54 Å². The first kappa shape index (κ1) is 11.9. The molecule has 0 saturated carbocycles. The number of nitrogens with zero attached hydrogens (tertiary/aromatic N) is 1. The first-order chi connectivity index (χ1) is 7.71. The van der Waals surface area contributed by atoms with Crippen molar-refractivity contribution < 1.29 is 14.3 Å². The number of hydrogen-bond acceptors (Lipinski definition) is 4. The Bertz CT molecular complexity index is 424. The predicted octanol–water partition coefficient (Wildman–Crippen LogP) is 0.844. The maximum absolute atomic E-state index is 10.8. The third-order valence-corrected chi connectivity index (χ3v) is 2.03. The molecule has 0 aliphatic rings. The molecule has 0 atom stereocenters. The van der Waals surface area contributed by atoms with Crippen LogP contribution in [0.25, 0.3) is 0 Å². The third kappa shape index (κ3) is 2.89. The van der Waals surface area contributed by atoms with Crippen molar-refractivity contribution in [3.8, 4) is 17.6 Å². The molecule has 0 aliphatic carbocycles. The number of carbonyl (C=O) groups excluding carboxylic acids is 1. The van der Waals surface area contributed by atoms with E-state index in [1.807, 2.05) is 0 Å². The highest BCUT2D eigenvalue weighted by Gasteiger charge is 2.06. The second kappa shape index (κ2) is 5.61. The van der Waals surface area contributed by atoms with Gasteiger partial charge in [-0.05, 0) is 18.2 Å². The molecule has 0 fully saturated rings. The Labute approximate surface area is 93.6 Å². The minimum atomic E-state index is -0.676. The van der Waals surface area contributed by atoms with Gasteiger partial charge >= 0.3 is 5.91 Å². The summed E-state index contributed by atoms with van der Waals surface area (Å²) in [4.78, 5) is 10.8. The van der Waals surface area contributed by atoms with Crippen LogP contribution in [0, 0.1) is 11.3 Å². The lowest BCUT2D eigenvalue weighted by Gasteiger charge is -2.10. The van der Waals surface area contributed by atoms with E-state index in [4.69, 9.17) is 14.7 Å². The van der Waals surface area contributed by atoms with Crippen LogP contribution >= 0.6 is 0 Å². The lowest BCUT2D eigenvalue weighted by molar-refractivity contribution is -0.116. The second-order valence-corrected chi connectivity index (χ2v) is 2.97. The summed E-state index contributed by atoms with van der Waals surface area (Å²) in [5.74, 6) is 0.630. The van der Waals surface area contributed by atoms with Crippen LogP contribution in [0.5, 0.6) is 11.5 Å². The fourth-order valence-electron chi connectivity index (χ4n) is 1.24. The molecule has 0 spiro atoms. The summed E-state index contributed by atoms with van der Waals surface area (Å²) in [5, 5.41) is 10.8. The van der Waals surface area contributed by atoms with Crippen molar-refractivity contribution in [1.29, 1.82) is 5.26 Å². The minimum Gasteiger partial charge on any atom is -0.497 e. The molecule has 1 N–H and O–H groups in total. The highest BCUT2D eigenvalue weighted by Crippen LogP contribution is 2.23. The predicted molar refractivity (Wildman–Crippen MR) is 57.0 cm³/mol. The van der Waals surface area contributed by atoms with Crippen molar-refractivity contribution >= 4 is 5.91 Å². The van der Waals surface area contributed by atoms with Gasteiger partial charge in [0.1, 0.15) is 11.5 Å². The van der Waals surface area contributed by atoms with Crippen molar-refractivity contribution in [3.05, 3.63) is 23.8 Å². The number of nitrogens with one attached hydrogen (secondary N) is 1. The number of carbonyl (C=O) groups is 1. The average molecular weight is 220 g/mol. The summed E-state index contributed by atoms with van der Waals surface area (Å²) < 4.78 is 10.2. The van der Waals surface area contributed by atoms with Crippen LogP contribution in [0.2, 0.25) is 0 Å². The first-order valence-electron chi connectivity index (χ1n) is 4.60. The lowest BCUT2D eigenvalue weighted by Crippen LogP contribution is -2.20. The molecular weight excluding hydrogens is 208 g/mol. The van der Waals surface area contributed by atoms with Gasteiger partial charge in [0.15, 0.2) is 6.07 Å². The summed E-state index contributed by atoms with van der Waals surface area (Å²) in [5.41, 5.74) is 0.755. The molecule has 1 rings (SSSR count). The molecule has 16 heavy (non-hydrogen) atoms. The Morgan fingerprint density at radius 2 is 2.19 bits per heavy atom. The summed E-state index contributed by atoms with van der Waals surface area (Å²) in [6, 6.07) is 6.73. The molecule has 1 aromatic carbocycles. The van der Waals surface area contributed by atoms with Crippen molar-refractivity contribution in [2.24, 2.45) is 0 Å². The van der Waals surface area contributed by atoms with Crippen molar-refractivity contribution in [1.82, 2.24) is 5.32 Å². The zero-order valence-electron chi connectivity index (χ0n) is 9.11. The van der Waals surface area contributed by atoms with E-state index in [9.17, 15) is 4.79 Å². The number of methoxy groups -OCH3 is 2. The van der Waals surface area contributed by atoms with Crippen LogP contribution in [0.4, 0.5) is 0 Å². The summed E-state index contributed by atoms with van der Waals surface area (Å²) in [7, 11) is 3.09. The Kier molecular flexibility index (Phi) is 4.16. The van der Waals surface area contributed by atoms with E-state index in [2.05, 4.69) is 5.32 Å². The van der Waals surface area contributed by atoms with Crippen LogP contribution in [-0.4, -0.2) is 20.1 Å². The van der Waals surface area contributed by atoms with Crippen LogP contribution in [0.1, 0.15) is 5.56 Å². The van der Waals surface area contributed by atoms with E-state index in [-0.39, 0.29) is 6.54 Å². The Morgan fingerprint density at radius 1 is 1.44 bits per heavy atom. The van der Waals surface area contributed by atoms with E-state index in [0.717, 1.165) is 5.56 Å². The van der Waals surface area contributed by atoms with Gasteiger partial charge in [-0.3, -0.25) is 4.79 Å². The molecule has 0 bridgehead atoms. The van der Waals surface area contributed by atoms with Crippen LogP contribution in [0.15, 0.2) is 18.2 Å². The van der Waals surface area contributed by atoms with Gasteiger partial charge in [-0.25, -0.2) is 0 Å². The quantitative estimate of drug-likeness (QED) is 0.763. The van der Waals surface area contributed by atoms with E-state index in [0.29, 0.717) is 11.5 Å². The van der Waals surface area contributed by atoms with Crippen molar-refractivity contribution in [2.75, 3.05) is 14.2 Å². The fraction of sp³-hybridized carbons (Fsp3) is 0.273. The van der Waals surface area contributed by atoms with Crippen LogP contribution in [-0.2, 0) is 11.3 Å². The fourth-order valence-corrected chi connectivity index (χ4v) is 1.24. The molecule has 84 valence electrons. The largest absolute Gasteiger partial charge is 0.497 e. The number of nitriles is 1. The maximum Gasteiger partial charge on any atom is 0.322 e. The SMILES string of the molecule is COc1ccc(OC)c(CNC(=O)C#N)c1. The molecule has 5 nitrogen and oxygen atoms in total. The topological polar surface area (TPSA) is 71.3 Å². The summed E-state index contributed by atoms with van der Waals surface area (Å²) in [6.45, 7) is 0.229. The standard InChI is InChI=1S/C11H12N2O3/c1-15-9-3-4-10(16-2)8(5-9)7-13-11(14)6-12/h3-5H,7H2,1-2H3,(H,13,14). The number of rotatable bonds is 4. The molecule has 0 heterocycles. The smallest absolute Gasteiger partial charge is 0.322 e. The van der Waals surface area contributed by atoms with Gasteiger partial charge in [-0.1, -0.05) is 0 Å². The van der Waals surface area contributed by atoms with Gasteiger partial charge in [0.2, 0.25) is 0 Å². The monoisotopic (exact) mass is 220 g/mol. The zero-order valence-corrected chi connectivity index (χ0v) is 9.11. The molecule has 1 amide bonds. The Hall–Kier alpha value is -2.22. The van der Waals surface area contributed by atoms with Crippen molar-refractivity contribution in [3.63, 3.8) is 0 Å². The third-order valence-electron chi connectivity index (χ3n) is 2.03. The molecule has 1 aromatic rings. The Balaban J connectivity index is 2.83. The van der Waals surface area contributed by atoms with Gasteiger partial charge < -0.3 is 14.8 Å². The molecule has 0 unspecified atom stereocenters. The Morgan fingerprint density at radius 3 is 2.75 bits per heavy atom. The van der Waals surface area contributed by atoms with Crippen LogP contribution < -0.4 is 14.8 Å². The van der Waals surface area contributed by atoms with Gasteiger partial charge in [-0.2, -0.15) is 5.26 Å². The molecule has 5 heteroatoms. The highest BCUT2D eigenvalue weighted by atomic mass is 16.5. The maximum atomic E-state index is 10.8. The van der Waals surface area contributed by atoms with E-state index >= 15 is 0 Å². The summed E-state index contributed by atoms with van der Waals surface area (Å²) in [6.07, 6.45) is 0. The number of benzene rings is 1. The van der Waals surface area contributed by atoms with Crippen LogP contribution in [0.3, 0.4) is 0 Å². The molecule has 0 radical (unpaired) electrons. The first-order valence-corrected chi connectivity index (χ1v) is 4.60. The molecule has 0 aliphatic heterocycles. The normalized spacial score (nSPS) is 9.06. The lowest BCUT2D eigenvalue weighted by atomic mass is 10.2. The van der Waals surface area contributed by atoms with E-state index < -0.39 is 5.91 Å². The number of amides is 1. The van der Waals surface area contributed by atoms with Gasteiger partial charge in [0.25, 0.3) is 0 Å². The second-order valence-electron chi connectivity index (χ2n) is 2.97. The molecular formula is C11H12N2O3. The van der Waals surface area contributed by atoms with E-state index in [1.54, 1.807) is 25.3 Å². The number of hydrogen-bond donors (Lipinski definition) is 1. The van der Waals surface area contributed by atoms with Gasteiger partial charge in [0.05, 0.1) is 14.2 Å². The average Bonchev–Trinajstić information content (AvgIpc) is 2.35.